The van der Waals surface area contributed by atoms with E-state index in [2.05, 4.69) is 17.4 Å². The zero-order chi connectivity index (χ0) is 18.4. The third kappa shape index (κ3) is 4.73. The van der Waals surface area contributed by atoms with Gasteiger partial charge < -0.3 is 10.1 Å². The minimum Gasteiger partial charge on any atom is -0.491 e. The smallest absolute Gasteiger partial charge is 0.255 e. The van der Waals surface area contributed by atoms with Gasteiger partial charge in [0.15, 0.2) is 0 Å². The normalized spacial score (nSPS) is 10.6. The van der Waals surface area contributed by atoms with E-state index in [4.69, 9.17) is 4.74 Å². The first kappa shape index (κ1) is 17.7. The molecule has 0 saturated carbocycles. The highest BCUT2D eigenvalue weighted by atomic mass is 16.5. The molecule has 0 spiro atoms. The Labute approximate surface area is 154 Å². The van der Waals surface area contributed by atoms with Crippen LogP contribution in [0.5, 0.6) is 5.75 Å². The number of hydrogen-bond donors (Lipinski definition) is 1. The maximum Gasteiger partial charge on any atom is 0.255 e. The van der Waals surface area contributed by atoms with E-state index in [0.717, 1.165) is 23.4 Å². The van der Waals surface area contributed by atoms with Gasteiger partial charge in [-0.1, -0.05) is 48.5 Å². The number of carbonyl (C=O) groups excluding carboxylic acids is 1. The van der Waals surface area contributed by atoms with Crippen molar-refractivity contribution in [1.29, 1.82) is 0 Å². The van der Waals surface area contributed by atoms with Crippen molar-refractivity contribution in [1.82, 2.24) is 0 Å². The molecule has 0 fully saturated rings. The van der Waals surface area contributed by atoms with Gasteiger partial charge in [0.25, 0.3) is 5.91 Å². The Kier molecular flexibility index (Phi) is 5.69. The molecule has 3 rings (SSSR count). The fourth-order valence-electron chi connectivity index (χ4n) is 2.76. The zero-order valence-electron chi connectivity index (χ0n) is 15.1. The minimum atomic E-state index is -0.124. The van der Waals surface area contributed by atoms with E-state index in [1.165, 1.54) is 5.56 Å². The average Bonchev–Trinajstić information content (AvgIpc) is 2.64. The molecule has 0 aliphatic carbocycles. The molecular weight excluding hydrogens is 322 g/mol. The predicted molar refractivity (Wildman–Crippen MR) is 106 cm³/mol. The number of ether oxygens (including phenoxy) is 1. The first-order chi connectivity index (χ1) is 12.6. The molecule has 0 atom stereocenters. The molecule has 3 heteroatoms. The minimum absolute atomic E-state index is 0.111. The highest BCUT2D eigenvalue weighted by molar-refractivity contribution is 6.04. The molecule has 0 aliphatic heterocycles. The quantitative estimate of drug-likeness (QED) is 0.657. The summed E-state index contributed by atoms with van der Waals surface area (Å²) < 4.78 is 5.62. The monoisotopic (exact) mass is 345 g/mol. The van der Waals surface area contributed by atoms with Crippen LogP contribution in [0.25, 0.3) is 0 Å². The summed E-state index contributed by atoms with van der Waals surface area (Å²) in [7, 11) is 0. The fourth-order valence-corrected chi connectivity index (χ4v) is 2.76. The van der Waals surface area contributed by atoms with Crippen molar-refractivity contribution in [2.45, 2.75) is 26.4 Å². The van der Waals surface area contributed by atoms with E-state index >= 15 is 0 Å². The number of hydrogen-bond acceptors (Lipinski definition) is 2. The van der Waals surface area contributed by atoms with Gasteiger partial charge in [0.1, 0.15) is 5.75 Å². The van der Waals surface area contributed by atoms with E-state index in [9.17, 15) is 4.79 Å². The number of amides is 1. The van der Waals surface area contributed by atoms with Gasteiger partial charge in [-0.05, 0) is 61.7 Å². The molecule has 26 heavy (non-hydrogen) atoms. The second-order valence-electron chi connectivity index (χ2n) is 6.46. The Morgan fingerprint density at radius 2 is 1.54 bits per heavy atom. The molecule has 0 bridgehead atoms. The summed E-state index contributed by atoms with van der Waals surface area (Å²) in [6, 6.07) is 25.4. The maximum absolute atomic E-state index is 12.6. The van der Waals surface area contributed by atoms with Gasteiger partial charge in [-0.15, -0.1) is 0 Å². The predicted octanol–water partition coefficient (Wildman–Crippen LogP) is 5.32. The molecule has 3 aromatic carbocycles. The van der Waals surface area contributed by atoms with Gasteiger partial charge in [0.05, 0.1) is 6.10 Å². The van der Waals surface area contributed by atoms with Crippen LogP contribution in [-0.2, 0) is 6.42 Å². The number of anilines is 1. The number of rotatable bonds is 6. The lowest BCUT2D eigenvalue weighted by Crippen LogP contribution is -2.13. The van der Waals surface area contributed by atoms with Crippen molar-refractivity contribution in [3.8, 4) is 5.75 Å². The molecule has 132 valence electrons. The van der Waals surface area contributed by atoms with E-state index < -0.39 is 0 Å². The van der Waals surface area contributed by atoms with E-state index in [0.29, 0.717) is 5.56 Å². The lowest BCUT2D eigenvalue weighted by Gasteiger charge is -2.12. The summed E-state index contributed by atoms with van der Waals surface area (Å²) in [6.07, 6.45) is 0.887. The second-order valence-corrected chi connectivity index (χ2v) is 6.46. The number of carbonyl (C=O) groups is 1. The van der Waals surface area contributed by atoms with Crippen molar-refractivity contribution in [2.24, 2.45) is 0 Å². The van der Waals surface area contributed by atoms with Crippen LogP contribution in [0.1, 0.15) is 35.3 Å². The van der Waals surface area contributed by atoms with Gasteiger partial charge in [-0.2, -0.15) is 0 Å². The topological polar surface area (TPSA) is 38.3 Å². The van der Waals surface area contributed by atoms with Crippen molar-refractivity contribution in [3.05, 3.63) is 95.6 Å². The Hall–Kier alpha value is -3.07. The zero-order valence-corrected chi connectivity index (χ0v) is 15.1. The largest absolute Gasteiger partial charge is 0.491 e. The third-order valence-electron chi connectivity index (χ3n) is 3.99. The van der Waals surface area contributed by atoms with Gasteiger partial charge in [-0.25, -0.2) is 0 Å². The van der Waals surface area contributed by atoms with E-state index in [1.807, 2.05) is 68.4 Å². The molecule has 0 heterocycles. The van der Waals surface area contributed by atoms with E-state index in [-0.39, 0.29) is 12.0 Å². The van der Waals surface area contributed by atoms with Crippen LogP contribution < -0.4 is 10.1 Å². The van der Waals surface area contributed by atoms with Crippen LogP contribution in [0.3, 0.4) is 0 Å². The Balaban J connectivity index is 1.73. The molecule has 0 saturated heterocycles. The summed E-state index contributed by atoms with van der Waals surface area (Å²) in [5, 5.41) is 3.03. The molecule has 0 aromatic heterocycles. The van der Waals surface area contributed by atoms with Crippen molar-refractivity contribution in [3.63, 3.8) is 0 Å². The number of nitrogens with one attached hydrogen (secondary N) is 1. The van der Waals surface area contributed by atoms with Crippen LogP contribution in [0.4, 0.5) is 5.69 Å². The van der Waals surface area contributed by atoms with Crippen LogP contribution in [-0.4, -0.2) is 12.0 Å². The molecule has 3 aromatic rings. The van der Waals surface area contributed by atoms with E-state index in [1.54, 1.807) is 12.1 Å². The average molecular weight is 345 g/mol. The SMILES string of the molecule is CC(C)Oc1ccc(C(=O)Nc2ccccc2Cc2ccccc2)cc1. The van der Waals surface area contributed by atoms with Crippen molar-refractivity contribution in [2.75, 3.05) is 5.32 Å². The van der Waals surface area contributed by atoms with Gasteiger partial charge in [0.2, 0.25) is 0 Å². The molecule has 0 radical (unpaired) electrons. The highest BCUT2D eigenvalue weighted by Gasteiger charge is 2.10. The fraction of sp³-hybridized carbons (Fsp3) is 0.174. The Morgan fingerprint density at radius 1 is 0.885 bits per heavy atom. The molecule has 3 nitrogen and oxygen atoms in total. The lowest BCUT2D eigenvalue weighted by molar-refractivity contribution is 0.102. The van der Waals surface area contributed by atoms with Crippen molar-refractivity contribution >= 4 is 11.6 Å². The van der Waals surface area contributed by atoms with Gasteiger partial charge in [0, 0.05) is 11.3 Å². The molecule has 1 N–H and O–H groups in total. The van der Waals surface area contributed by atoms with Gasteiger partial charge in [-0.3, -0.25) is 4.79 Å². The summed E-state index contributed by atoms with van der Waals surface area (Å²) in [6.45, 7) is 3.95. The van der Waals surface area contributed by atoms with Crippen LogP contribution in [0.15, 0.2) is 78.9 Å². The summed E-state index contributed by atoms with van der Waals surface area (Å²) in [4.78, 5) is 12.6. The first-order valence-corrected chi connectivity index (χ1v) is 8.82. The standard InChI is InChI=1S/C23H23NO2/c1-17(2)26-21-14-12-19(13-15-21)23(25)24-22-11-7-6-10-20(22)16-18-8-4-3-5-9-18/h3-15,17H,16H2,1-2H3,(H,24,25). The molecule has 0 aliphatic rings. The molecule has 1 amide bonds. The van der Waals surface area contributed by atoms with Crippen LogP contribution in [0, 0.1) is 0 Å². The molecular formula is C23H23NO2. The summed E-state index contributed by atoms with van der Waals surface area (Å²) in [5.74, 6) is 0.641. The molecule has 0 unspecified atom stereocenters. The summed E-state index contributed by atoms with van der Waals surface area (Å²) >= 11 is 0. The number of para-hydroxylation sites is 1. The highest BCUT2D eigenvalue weighted by Crippen LogP contribution is 2.21. The maximum atomic E-state index is 12.6. The van der Waals surface area contributed by atoms with Crippen LogP contribution in [0.2, 0.25) is 0 Å². The van der Waals surface area contributed by atoms with Crippen LogP contribution >= 0.6 is 0 Å². The van der Waals surface area contributed by atoms with Crippen molar-refractivity contribution < 1.29 is 9.53 Å². The Bertz CT molecular complexity index is 855. The first-order valence-electron chi connectivity index (χ1n) is 8.82. The Morgan fingerprint density at radius 3 is 2.23 bits per heavy atom. The summed E-state index contributed by atoms with van der Waals surface area (Å²) in [5.41, 5.74) is 3.75. The number of benzene rings is 3. The lowest BCUT2D eigenvalue weighted by atomic mass is 10.0. The third-order valence-corrected chi connectivity index (χ3v) is 3.99. The second kappa shape index (κ2) is 8.34. The van der Waals surface area contributed by atoms with Gasteiger partial charge >= 0.3 is 0 Å².